The second-order valence-corrected chi connectivity index (χ2v) is 52.2. The molecule has 0 N–H and O–H groups in total. The van der Waals surface area contributed by atoms with Crippen molar-refractivity contribution < 1.29 is 114 Å². The van der Waals surface area contributed by atoms with Gasteiger partial charge in [0.2, 0.25) is 0 Å². The highest BCUT2D eigenvalue weighted by Gasteiger charge is 2.67. The van der Waals surface area contributed by atoms with Gasteiger partial charge in [-0.05, 0) is 387 Å². The number of esters is 8. The molecule has 24 heteroatoms. The Morgan fingerprint density at radius 1 is 0.260 bits per heavy atom. The van der Waals surface area contributed by atoms with Crippen LogP contribution in [0.15, 0.2) is 0 Å². The third-order valence-electron chi connectivity index (χ3n) is 42.7. The standard InChI is InChI=1S/2C17H28O3.2C16H26O3.2C16H28O3.2C14H24O3/c1-3-13(2)15(18)20-16(9-5-4-6-10-16)17-11-7-14(19-17)8-12-17;1-3-12(2)16(18)20-17(9-5-4-6-10-17)14-11-13-7-8-15(14)19-13;1-3-12(2)14(17)19-15(8-4-5-9-15)16-10-6-13(18-16)7-11-16;1-3-11(2)15(17)19-16(8-4-5-9-16)13-10-12-6-7-14(13)18-12;1-5-12(4)14(17)19-15(6-2,7-3)16-10-8-13(18-16)9-11-16;1-5-11(4)15(17)19-16(6-2,7-3)13-10-12-8-9-14(13)18-12;1-5-10(2)12(15)17-13(3,4)14-8-6-11(16-14)7-9-14;1-5-9(2)13(15)17-14(3,4)11-8-10-6-7-12(11)16-10/h13-14H,3-12H2,1-2H3;12-15H,3-11H2,1-2H3;12-13H,3-11H2,1-2H3;11-14H,3-10H2,1-2H3;12-13H,5-11H2,1-4H3;11-14H,5-10H2,1-4H3;10-11H,5-9H2,1-4H3;9-12H,5-8H2,1-4H3. The predicted octanol–water partition coefficient (Wildman–Crippen LogP) is 28.4. The topological polar surface area (TPSA) is 284 Å². The molecule has 150 heavy (non-hydrogen) atoms. The van der Waals surface area contributed by atoms with E-state index in [2.05, 4.69) is 41.5 Å². The molecule has 0 amide bonds. The lowest BCUT2D eigenvalue weighted by Crippen LogP contribution is -2.56. The van der Waals surface area contributed by atoms with Crippen molar-refractivity contribution in [1.82, 2.24) is 0 Å². The lowest BCUT2D eigenvalue weighted by molar-refractivity contribution is -0.208. The summed E-state index contributed by atoms with van der Waals surface area (Å²) in [5.74, 6) is 1.42. The number of ether oxygens (including phenoxy) is 16. The summed E-state index contributed by atoms with van der Waals surface area (Å²) in [5, 5.41) is 0. The van der Waals surface area contributed by atoms with Gasteiger partial charge in [0.15, 0.2) is 0 Å². The molecule has 0 aromatic carbocycles. The Balaban J connectivity index is 0.000000143. The molecule has 16 heterocycles. The van der Waals surface area contributed by atoms with Crippen molar-refractivity contribution in [2.75, 3.05) is 0 Å². The normalized spacial score (nSPS) is 34.9. The van der Waals surface area contributed by atoms with Crippen LogP contribution in [0.3, 0.4) is 0 Å². The van der Waals surface area contributed by atoms with Gasteiger partial charge in [-0.15, -0.1) is 0 Å². The Kier molecular flexibility index (Phi) is 43.0. The van der Waals surface area contributed by atoms with E-state index in [9.17, 15) is 38.4 Å². The van der Waals surface area contributed by atoms with Gasteiger partial charge in [-0.1, -0.05) is 151 Å². The molecule has 24 nitrogen and oxygen atoms in total. The van der Waals surface area contributed by atoms with Gasteiger partial charge in [-0.2, -0.15) is 0 Å². The third kappa shape index (κ3) is 26.8. The maximum absolute atomic E-state index is 12.4. The summed E-state index contributed by atoms with van der Waals surface area (Å²) in [4.78, 5) is 97.6. The zero-order valence-electron chi connectivity index (χ0n) is 98.7. The molecule has 0 aromatic rings. The van der Waals surface area contributed by atoms with Gasteiger partial charge >= 0.3 is 47.8 Å². The lowest BCUT2D eigenvalue weighted by atomic mass is 9.68. The van der Waals surface area contributed by atoms with Crippen LogP contribution in [-0.2, 0) is 114 Å². The van der Waals surface area contributed by atoms with E-state index in [4.69, 9.17) is 75.8 Å². The smallest absolute Gasteiger partial charge is 0.309 e. The summed E-state index contributed by atoms with van der Waals surface area (Å²) < 4.78 is 96.7. The summed E-state index contributed by atoms with van der Waals surface area (Å²) in [6, 6.07) is 0. The van der Waals surface area contributed by atoms with Crippen molar-refractivity contribution >= 4 is 47.8 Å². The highest BCUT2D eigenvalue weighted by atomic mass is 16.6. The molecule has 16 bridgehead atoms. The molecule has 16 saturated heterocycles. The van der Waals surface area contributed by atoms with Gasteiger partial charge in [-0.25, -0.2) is 0 Å². The largest absolute Gasteiger partial charge is 0.459 e. The monoisotopic (exact) mass is 2110 g/mol. The number of carbonyl (C=O) groups excluding carboxylic acids is 8. The number of rotatable bonds is 36. The van der Waals surface area contributed by atoms with Gasteiger partial charge in [0.05, 0.1) is 121 Å². The molecule has 20 aliphatic rings. The van der Waals surface area contributed by atoms with Crippen LogP contribution in [0.2, 0.25) is 0 Å². The summed E-state index contributed by atoms with van der Waals surface area (Å²) in [7, 11) is 0. The van der Waals surface area contributed by atoms with E-state index in [1.54, 1.807) is 0 Å². The molecule has 4 saturated carbocycles. The van der Waals surface area contributed by atoms with Gasteiger partial charge in [0.25, 0.3) is 0 Å². The molecule has 4 aliphatic carbocycles. The molecule has 0 spiro atoms. The molecule has 860 valence electrons. The minimum atomic E-state index is -0.501. The van der Waals surface area contributed by atoms with Crippen LogP contribution in [0.25, 0.3) is 0 Å². The fourth-order valence-corrected chi connectivity index (χ4v) is 30.5. The molecule has 20 atom stereocenters. The number of hydrogen-bond acceptors (Lipinski definition) is 24. The highest BCUT2D eigenvalue weighted by Crippen LogP contribution is 2.62. The van der Waals surface area contributed by atoms with E-state index < -0.39 is 11.2 Å². The van der Waals surface area contributed by atoms with Crippen molar-refractivity contribution in [3.8, 4) is 0 Å². The maximum Gasteiger partial charge on any atom is 0.309 e. The zero-order chi connectivity index (χ0) is 109. The fraction of sp³-hybridized carbons (Fsp3) is 0.937. The molecular weight excluding hydrogens is 1900 g/mol. The molecule has 0 aromatic heterocycles. The molecule has 0 radical (unpaired) electrons. The first-order valence-electron chi connectivity index (χ1n) is 62.6. The van der Waals surface area contributed by atoms with Gasteiger partial charge in [0.1, 0.15) is 67.2 Å². The van der Waals surface area contributed by atoms with E-state index in [0.29, 0.717) is 96.9 Å². The van der Waals surface area contributed by atoms with Crippen LogP contribution in [-0.4, -0.2) is 188 Å². The number of hydrogen-bond donors (Lipinski definition) is 0. The maximum atomic E-state index is 12.4. The Morgan fingerprint density at radius 2 is 0.540 bits per heavy atom. The van der Waals surface area contributed by atoms with Crippen molar-refractivity contribution in [2.45, 2.75) is 679 Å². The summed E-state index contributed by atoms with van der Waals surface area (Å²) in [6.07, 6.45) is 66.4. The summed E-state index contributed by atoms with van der Waals surface area (Å²) in [6.45, 7) is 48.5. The van der Waals surface area contributed by atoms with E-state index in [0.717, 1.165) is 283 Å². The minimum Gasteiger partial charge on any atom is -0.459 e. The Bertz CT molecular complexity index is 4150. The van der Waals surface area contributed by atoms with E-state index in [1.165, 1.54) is 89.9 Å². The summed E-state index contributed by atoms with van der Waals surface area (Å²) >= 11 is 0. The molecule has 20 unspecified atom stereocenters. The van der Waals surface area contributed by atoms with Crippen LogP contribution in [0.5, 0.6) is 0 Å². The quantitative estimate of drug-likeness (QED) is 0.0416. The summed E-state index contributed by atoms with van der Waals surface area (Å²) in [5.41, 5.74) is -3.36. The van der Waals surface area contributed by atoms with Crippen molar-refractivity contribution in [3.63, 3.8) is 0 Å². The van der Waals surface area contributed by atoms with E-state index in [-0.39, 0.29) is 151 Å². The average molecular weight is 2110 g/mol. The van der Waals surface area contributed by atoms with Crippen LogP contribution in [0.1, 0.15) is 539 Å². The Labute approximate surface area is 906 Å². The third-order valence-corrected chi connectivity index (χ3v) is 42.7. The van der Waals surface area contributed by atoms with Gasteiger partial charge in [-0.3, -0.25) is 38.4 Å². The van der Waals surface area contributed by atoms with Crippen LogP contribution in [0.4, 0.5) is 0 Å². The molecule has 20 rings (SSSR count). The van der Waals surface area contributed by atoms with Crippen molar-refractivity contribution in [2.24, 2.45) is 71.0 Å². The fourth-order valence-electron chi connectivity index (χ4n) is 30.5. The second-order valence-electron chi connectivity index (χ2n) is 52.2. The van der Waals surface area contributed by atoms with E-state index >= 15 is 0 Å². The first-order valence-corrected chi connectivity index (χ1v) is 62.6. The average Bonchev–Trinajstić information content (AvgIpc) is 1.57. The SMILES string of the molecule is CCC(C)C(=O)OC(C)(C)C12CCC(CC1)O2.CCC(C)C(=O)OC(C)(C)C1CC2CCC1O2.CCC(C)C(=O)OC(CC)(CC)C12CCC(CC1)O2.CCC(C)C(=O)OC(CC)(CC)C1CC2CCC1O2.CCC(C)C(=O)OC1(C23CCC(CC2)O3)CCCC1.CCC(C)C(=O)OC1(C23CCC(CC2)O3)CCCCC1.CCC(C)C(=O)OC1(C2CC3CCC2O3)CCCC1.CCC(C)C(=O)OC1(C2CC3CCC2O3)CCCCC1. The van der Waals surface area contributed by atoms with Crippen LogP contribution < -0.4 is 0 Å². The van der Waals surface area contributed by atoms with Gasteiger partial charge in [0, 0.05) is 23.7 Å². The number of fused-ring (bicyclic) bond motifs is 16. The number of carbonyl (C=O) groups is 8. The molecule has 16 aliphatic heterocycles. The first kappa shape index (κ1) is 122. The molecule has 20 fully saturated rings. The minimum absolute atomic E-state index is 0.00279. The highest BCUT2D eigenvalue weighted by molar-refractivity contribution is 5.76. The Morgan fingerprint density at radius 3 is 0.833 bits per heavy atom. The predicted molar refractivity (Wildman–Crippen MR) is 581 cm³/mol. The Hall–Kier alpha value is -4.56. The van der Waals surface area contributed by atoms with Crippen LogP contribution in [0, 0.1) is 71.0 Å². The lowest BCUT2D eigenvalue weighted by Gasteiger charge is -2.48. The van der Waals surface area contributed by atoms with Crippen molar-refractivity contribution in [3.05, 3.63) is 0 Å². The van der Waals surface area contributed by atoms with E-state index in [1.807, 2.05) is 125 Å². The first-order chi connectivity index (χ1) is 71.4. The second kappa shape index (κ2) is 52.7. The van der Waals surface area contributed by atoms with Crippen molar-refractivity contribution in [1.29, 1.82) is 0 Å². The molecular formula is C126H212O24. The van der Waals surface area contributed by atoms with Crippen LogP contribution >= 0.6 is 0 Å². The van der Waals surface area contributed by atoms with Gasteiger partial charge < -0.3 is 75.8 Å². The zero-order valence-corrected chi connectivity index (χ0v) is 98.7.